The number of ketones is 1. The van der Waals surface area contributed by atoms with Crippen molar-refractivity contribution in [3.05, 3.63) is 47.3 Å². The summed E-state index contributed by atoms with van der Waals surface area (Å²) in [5.41, 5.74) is 1.25. The van der Waals surface area contributed by atoms with Gasteiger partial charge in [0, 0.05) is 0 Å². The molecule has 0 heterocycles. The highest BCUT2D eigenvalue weighted by Gasteiger charge is 2.31. The minimum atomic E-state index is -0.585. The van der Waals surface area contributed by atoms with Crippen LogP contribution in [0.15, 0.2) is 35.9 Å². The zero-order valence-electron chi connectivity index (χ0n) is 12.4. The van der Waals surface area contributed by atoms with Gasteiger partial charge in [-0.15, -0.1) is 0 Å². The van der Waals surface area contributed by atoms with Crippen molar-refractivity contribution in [2.45, 2.75) is 57.8 Å². The molecule has 1 nitrogen and oxygen atoms in total. The van der Waals surface area contributed by atoms with Crippen molar-refractivity contribution in [3.63, 3.8) is 0 Å². The summed E-state index contributed by atoms with van der Waals surface area (Å²) in [6.07, 6.45) is 8.74. The molecule has 0 unspecified atom stereocenters. The lowest BCUT2D eigenvalue weighted by molar-refractivity contribution is -0.120. The molecule has 0 saturated carbocycles. The molecule has 0 aliphatic heterocycles. The number of hydrogen-bond acceptors (Lipinski definition) is 1. The summed E-state index contributed by atoms with van der Waals surface area (Å²) in [5.74, 6) is -0.0758. The number of hydrogen-bond donors (Lipinski definition) is 0. The Morgan fingerprint density at radius 2 is 1.70 bits per heavy atom. The molecule has 1 aromatic carbocycles. The maximum absolute atomic E-state index is 13.0. The quantitative estimate of drug-likeness (QED) is 0.762. The average Bonchev–Trinajstić information content (AvgIpc) is 2.38. The third-order valence-corrected chi connectivity index (χ3v) is 4.22. The first-order valence-electron chi connectivity index (χ1n) is 7.51. The maximum atomic E-state index is 13.0. The largest absolute Gasteiger partial charge is 0.294 e. The predicted molar refractivity (Wildman–Crippen MR) is 80.2 cm³/mol. The number of rotatable bonds is 3. The van der Waals surface area contributed by atoms with E-state index in [2.05, 4.69) is 6.08 Å². The standard InChI is InChI=1S/C18H23FO/c1-18(2,15-10-12-16(19)13-11-15)17(20)14-8-6-4-3-5-7-9-14/h8,10-13H,3-7,9H2,1-2H3/b14-8+. The van der Waals surface area contributed by atoms with Crippen LogP contribution in [-0.4, -0.2) is 5.78 Å². The van der Waals surface area contributed by atoms with Crippen LogP contribution in [0.4, 0.5) is 4.39 Å². The van der Waals surface area contributed by atoms with Gasteiger partial charge in [-0.3, -0.25) is 4.79 Å². The highest BCUT2D eigenvalue weighted by Crippen LogP contribution is 2.30. The number of halogens is 1. The van der Waals surface area contributed by atoms with Crippen LogP contribution >= 0.6 is 0 Å². The molecule has 2 rings (SSSR count). The van der Waals surface area contributed by atoms with Gasteiger partial charge in [0.05, 0.1) is 5.41 Å². The predicted octanol–water partition coefficient (Wildman–Crippen LogP) is 4.95. The van der Waals surface area contributed by atoms with E-state index in [4.69, 9.17) is 0 Å². The zero-order chi connectivity index (χ0) is 14.6. The molecule has 0 N–H and O–H groups in total. The minimum Gasteiger partial charge on any atom is -0.294 e. The number of Topliss-reactive ketones (excluding diaryl/α,β-unsaturated/α-hetero) is 1. The topological polar surface area (TPSA) is 17.1 Å². The monoisotopic (exact) mass is 274 g/mol. The van der Waals surface area contributed by atoms with Gasteiger partial charge in [0.1, 0.15) is 5.82 Å². The molecule has 0 spiro atoms. The number of carbonyl (C=O) groups excluding carboxylic acids is 1. The molecule has 0 amide bonds. The van der Waals surface area contributed by atoms with Crippen LogP contribution < -0.4 is 0 Å². The summed E-state index contributed by atoms with van der Waals surface area (Å²) in [5, 5.41) is 0. The summed E-state index contributed by atoms with van der Waals surface area (Å²) >= 11 is 0. The molecule has 2 heteroatoms. The third kappa shape index (κ3) is 3.36. The van der Waals surface area contributed by atoms with Crippen molar-refractivity contribution in [3.8, 4) is 0 Å². The normalized spacial score (nSPS) is 19.6. The first kappa shape index (κ1) is 15.0. The second kappa shape index (κ2) is 6.34. The lowest BCUT2D eigenvalue weighted by atomic mass is 9.76. The smallest absolute Gasteiger partial charge is 0.168 e. The van der Waals surface area contributed by atoms with E-state index in [1.54, 1.807) is 12.1 Å². The Balaban J connectivity index is 2.23. The van der Waals surface area contributed by atoms with E-state index in [1.807, 2.05) is 13.8 Å². The Morgan fingerprint density at radius 3 is 2.40 bits per heavy atom. The van der Waals surface area contributed by atoms with Crippen LogP contribution in [0, 0.1) is 5.82 Å². The van der Waals surface area contributed by atoms with E-state index in [1.165, 1.54) is 31.4 Å². The first-order valence-corrected chi connectivity index (χ1v) is 7.51. The van der Waals surface area contributed by atoms with Gasteiger partial charge in [-0.25, -0.2) is 4.39 Å². The Hall–Kier alpha value is -1.44. The molecule has 20 heavy (non-hydrogen) atoms. The fraction of sp³-hybridized carbons (Fsp3) is 0.500. The molecule has 1 aliphatic rings. The molecular formula is C18H23FO. The van der Waals surface area contributed by atoms with Gasteiger partial charge in [0.25, 0.3) is 0 Å². The highest BCUT2D eigenvalue weighted by atomic mass is 19.1. The van der Waals surface area contributed by atoms with Crippen LogP contribution in [0.25, 0.3) is 0 Å². The molecule has 0 aromatic heterocycles. The summed E-state index contributed by atoms with van der Waals surface area (Å²) < 4.78 is 13.0. The van der Waals surface area contributed by atoms with Crippen molar-refractivity contribution >= 4 is 5.78 Å². The van der Waals surface area contributed by atoms with Crippen molar-refractivity contribution in [2.75, 3.05) is 0 Å². The third-order valence-electron chi connectivity index (χ3n) is 4.22. The van der Waals surface area contributed by atoms with Gasteiger partial charge in [-0.05, 0) is 62.8 Å². The molecule has 1 aliphatic carbocycles. The van der Waals surface area contributed by atoms with E-state index in [-0.39, 0.29) is 11.6 Å². The van der Waals surface area contributed by atoms with Crippen LogP contribution in [0.2, 0.25) is 0 Å². The van der Waals surface area contributed by atoms with Crippen molar-refractivity contribution in [1.29, 1.82) is 0 Å². The minimum absolute atomic E-state index is 0.186. The first-order chi connectivity index (χ1) is 9.51. The number of benzene rings is 1. The molecule has 0 radical (unpaired) electrons. The highest BCUT2D eigenvalue weighted by molar-refractivity contribution is 6.02. The summed E-state index contributed by atoms with van der Waals surface area (Å²) in [6, 6.07) is 6.29. The summed E-state index contributed by atoms with van der Waals surface area (Å²) in [6.45, 7) is 3.87. The van der Waals surface area contributed by atoms with Gasteiger partial charge < -0.3 is 0 Å². The van der Waals surface area contributed by atoms with Gasteiger partial charge in [-0.2, -0.15) is 0 Å². The van der Waals surface area contributed by atoms with Crippen LogP contribution in [0.1, 0.15) is 57.9 Å². The van der Waals surface area contributed by atoms with Crippen molar-refractivity contribution < 1.29 is 9.18 Å². The van der Waals surface area contributed by atoms with Gasteiger partial charge in [-0.1, -0.05) is 31.1 Å². The number of carbonyl (C=O) groups is 1. The Morgan fingerprint density at radius 1 is 1.05 bits per heavy atom. The maximum Gasteiger partial charge on any atom is 0.168 e. The van der Waals surface area contributed by atoms with E-state index >= 15 is 0 Å². The van der Waals surface area contributed by atoms with Gasteiger partial charge in [0.2, 0.25) is 0 Å². The SMILES string of the molecule is CC(C)(C(=O)/C1=C/CCCCCC1)c1ccc(F)cc1. The lowest BCUT2D eigenvalue weighted by Gasteiger charge is -2.26. The molecule has 0 fully saturated rings. The van der Waals surface area contributed by atoms with Gasteiger partial charge in [0.15, 0.2) is 5.78 Å². The van der Waals surface area contributed by atoms with Crippen molar-refractivity contribution in [2.24, 2.45) is 0 Å². The molecular weight excluding hydrogens is 251 g/mol. The van der Waals surface area contributed by atoms with E-state index < -0.39 is 5.41 Å². The van der Waals surface area contributed by atoms with E-state index in [0.29, 0.717) is 0 Å². The fourth-order valence-electron chi connectivity index (χ4n) is 2.80. The second-order valence-corrected chi connectivity index (χ2v) is 6.14. The molecule has 0 bridgehead atoms. The van der Waals surface area contributed by atoms with Gasteiger partial charge >= 0.3 is 0 Å². The van der Waals surface area contributed by atoms with E-state index in [0.717, 1.165) is 30.4 Å². The van der Waals surface area contributed by atoms with Crippen LogP contribution in [0.3, 0.4) is 0 Å². The zero-order valence-corrected chi connectivity index (χ0v) is 12.4. The summed E-state index contributed by atoms with van der Waals surface area (Å²) in [4.78, 5) is 12.8. The Bertz CT molecular complexity index is 497. The van der Waals surface area contributed by atoms with Crippen LogP contribution in [0.5, 0.6) is 0 Å². The van der Waals surface area contributed by atoms with Crippen LogP contribution in [-0.2, 0) is 10.2 Å². The summed E-state index contributed by atoms with van der Waals surface area (Å²) in [7, 11) is 0. The van der Waals surface area contributed by atoms with E-state index in [9.17, 15) is 9.18 Å². The molecule has 0 atom stereocenters. The van der Waals surface area contributed by atoms with Crippen molar-refractivity contribution in [1.82, 2.24) is 0 Å². The number of allylic oxidation sites excluding steroid dienone is 2. The second-order valence-electron chi connectivity index (χ2n) is 6.14. The Kier molecular flexibility index (Phi) is 4.74. The average molecular weight is 274 g/mol. The molecule has 0 saturated heterocycles. The fourth-order valence-corrected chi connectivity index (χ4v) is 2.80. The Labute approximate surface area is 120 Å². The molecule has 108 valence electrons. The lowest BCUT2D eigenvalue weighted by Crippen LogP contribution is -2.30. The molecule has 1 aromatic rings.